The molecule has 0 unspecified atom stereocenters. The highest BCUT2D eigenvalue weighted by molar-refractivity contribution is 5.89. The second-order valence-electron chi connectivity index (χ2n) is 8.50. The van der Waals surface area contributed by atoms with Crippen molar-refractivity contribution in [1.82, 2.24) is 10.2 Å². The van der Waals surface area contributed by atoms with E-state index in [1.807, 2.05) is 23.1 Å². The number of piperidine rings is 1. The lowest BCUT2D eigenvalue weighted by molar-refractivity contribution is -0.144. The van der Waals surface area contributed by atoms with Gasteiger partial charge in [0.05, 0.1) is 5.41 Å². The van der Waals surface area contributed by atoms with Crippen molar-refractivity contribution < 1.29 is 14.0 Å². The normalized spacial score (nSPS) is 18.5. The van der Waals surface area contributed by atoms with Gasteiger partial charge < -0.3 is 10.2 Å². The molecule has 30 heavy (non-hydrogen) atoms. The fourth-order valence-electron chi connectivity index (χ4n) is 4.73. The minimum Gasteiger partial charge on any atom is -0.356 e. The van der Waals surface area contributed by atoms with Gasteiger partial charge in [0, 0.05) is 25.6 Å². The molecule has 2 aromatic rings. The number of nitrogens with zero attached hydrogens (tertiary/aromatic N) is 1. The molecule has 1 saturated carbocycles. The first-order valence-corrected chi connectivity index (χ1v) is 11.0. The van der Waals surface area contributed by atoms with Crippen molar-refractivity contribution in [2.45, 2.75) is 43.9 Å². The predicted octanol–water partition coefficient (Wildman–Crippen LogP) is 3.84. The van der Waals surface area contributed by atoms with Crippen LogP contribution in [0.2, 0.25) is 0 Å². The zero-order chi connectivity index (χ0) is 21.0. The Bertz CT molecular complexity index is 887. The average Bonchev–Trinajstić information content (AvgIpc) is 2.75. The summed E-state index contributed by atoms with van der Waals surface area (Å²) in [6.45, 7) is 1.67. The molecule has 4 rings (SSSR count). The molecule has 1 aliphatic heterocycles. The second kappa shape index (κ2) is 8.99. The Hall–Kier alpha value is -2.69. The fourth-order valence-corrected chi connectivity index (χ4v) is 4.73. The van der Waals surface area contributed by atoms with Crippen molar-refractivity contribution in [2.75, 3.05) is 19.6 Å². The van der Waals surface area contributed by atoms with Crippen molar-refractivity contribution in [2.24, 2.45) is 5.92 Å². The SMILES string of the molecule is O=C(NCCc1ccccc1F)C1CCN(C(=O)C2(c3ccccc3)CCC2)CC1. The first kappa shape index (κ1) is 20.6. The van der Waals surface area contributed by atoms with Gasteiger partial charge in [-0.3, -0.25) is 9.59 Å². The fraction of sp³-hybridized carbons (Fsp3) is 0.440. The lowest BCUT2D eigenvalue weighted by Gasteiger charge is -2.45. The number of carbonyl (C=O) groups excluding carboxylic acids is 2. The molecule has 0 atom stereocenters. The van der Waals surface area contributed by atoms with Gasteiger partial charge in [0.2, 0.25) is 11.8 Å². The van der Waals surface area contributed by atoms with Crippen molar-refractivity contribution in [3.05, 3.63) is 71.5 Å². The Balaban J connectivity index is 1.28. The molecule has 1 aliphatic carbocycles. The van der Waals surface area contributed by atoms with Crippen LogP contribution in [-0.2, 0) is 21.4 Å². The molecule has 0 radical (unpaired) electrons. The van der Waals surface area contributed by atoms with E-state index in [1.54, 1.807) is 18.2 Å². The van der Waals surface area contributed by atoms with Crippen LogP contribution in [0.15, 0.2) is 54.6 Å². The summed E-state index contributed by atoms with van der Waals surface area (Å²) in [5.74, 6) is -0.0798. The molecule has 5 heteroatoms. The minimum absolute atomic E-state index is 0.0138. The van der Waals surface area contributed by atoms with Crippen molar-refractivity contribution in [3.63, 3.8) is 0 Å². The van der Waals surface area contributed by atoms with E-state index in [0.29, 0.717) is 44.5 Å². The first-order chi connectivity index (χ1) is 14.6. The van der Waals surface area contributed by atoms with E-state index < -0.39 is 0 Å². The number of amides is 2. The van der Waals surface area contributed by atoms with Gasteiger partial charge in [0.15, 0.2) is 0 Å². The molecular weight excluding hydrogens is 379 g/mol. The number of halogens is 1. The van der Waals surface area contributed by atoms with E-state index in [2.05, 4.69) is 17.4 Å². The number of hydrogen-bond donors (Lipinski definition) is 1. The molecule has 1 saturated heterocycles. The zero-order valence-corrected chi connectivity index (χ0v) is 17.3. The van der Waals surface area contributed by atoms with Gasteiger partial charge in [-0.1, -0.05) is 55.0 Å². The molecule has 0 bridgehead atoms. The van der Waals surface area contributed by atoms with Crippen LogP contribution in [0.25, 0.3) is 0 Å². The molecule has 2 fully saturated rings. The summed E-state index contributed by atoms with van der Waals surface area (Å²) in [6, 6.07) is 16.8. The van der Waals surface area contributed by atoms with E-state index in [1.165, 1.54) is 6.07 Å². The molecule has 2 amide bonds. The highest BCUT2D eigenvalue weighted by Gasteiger charge is 2.48. The third kappa shape index (κ3) is 4.11. The molecule has 158 valence electrons. The number of benzene rings is 2. The van der Waals surface area contributed by atoms with Gasteiger partial charge in [-0.25, -0.2) is 4.39 Å². The number of hydrogen-bond acceptors (Lipinski definition) is 2. The summed E-state index contributed by atoms with van der Waals surface area (Å²) in [7, 11) is 0. The summed E-state index contributed by atoms with van der Waals surface area (Å²) >= 11 is 0. The van der Waals surface area contributed by atoms with E-state index >= 15 is 0 Å². The topological polar surface area (TPSA) is 49.4 Å². The van der Waals surface area contributed by atoms with Crippen LogP contribution in [0.3, 0.4) is 0 Å². The maximum atomic E-state index is 13.7. The Morgan fingerprint density at radius 1 is 1.00 bits per heavy atom. The van der Waals surface area contributed by atoms with E-state index in [9.17, 15) is 14.0 Å². The number of carbonyl (C=O) groups is 2. The molecule has 0 spiro atoms. The number of likely N-dealkylation sites (tertiary alicyclic amines) is 1. The van der Waals surface area contributed by atoms with E-state index in [0.717, 1.165) is 24.8 Å². The van der Waals surface area contributed by atoms with Crippen LogP contribution in [0.4, 0.5) is 4.39 Å². The van der Waals surface area contributed by atoms with Crippen LogP contribution >= 0.6 is 0 Å². The highest BCUT2D eigenvalue weighted by atomic mass is 19.1. The highest BCUT2D eigenvalue weighted by Crippen LogP contribution is 2.45. The second-order valence-corrected chi connectivity index (χ2v) is 8.50. The summed E-state index contributed by atoms with van der Waals surface area (Å²) < 4.78 is 13.7. The summed E-state index contributed by atoms with van der Waals surface area (Å²) in [6.07, 6.45) is 4.75. The molecule has 2 aromatic carbocycles. The first-order valence-electron chi connectivity index (χ1n) is 11.0. The van der Waals surface area contributed by atoms with Crippen molar-refractivity contribution in [1.29, 1.82) is 0 Å². The Kier molecular flexibility index (Phi) is 6.16. The standard InChI is InChI=1S/C25H29FN2O2/c26-22-10-5-4-7-19(22)11-16-27-23(29)20-12-17-28(18-13-20)24(30)25(14-6-15-25)21-8-2-1-3-9-21/h1-5,7-10,20H,6,11-18H2,(H,27,29). The van der Waals surface area contributed by atoms with Crippen LogP contribution in [0.5, 0.6) is 0 Å². The summed E-state index contributed by atoms with van der Waals surface area (Å²) in [5.41, 5.74) is 1.37. The van der Waals surface area contributed by atoms with Crippen molar-refractivity contribution >= 4 is 11.8 Å². The van der Waals surface area contributed by atoms with Gasteiger partial charge in [-0.05, 0) is 49.3 Å². The minimum atomic E-state index is -0.365. The zero-order valence-electron chi connectivity index (χ0n) is 17.3. The summed E-state index contributed by atoms with van der Waals surface area (Å²) in [4.78, 5) is 27.8. The van der Waals surface area contributed by atoms with Crippen LogP contribution in [0.1, 0.15) is 43.2 Å². The monoisotopic (exact) mass is 408 g/mol. The number of nitrogens with one attached hydrogen (secondary N) is 1. The Morgan fingerprint density at radius 2 is 1.67 bits per heavy atom. The van der Waals surface area contributed by atoms with Gasteiger partial charge in [-0.2, -0.15) is 0 Å². The lowest BCUT2D eigenvalue weighted by Crippen LogP contribution is -2.53. The smallest absolute Gasteiger partial charge is 0.233 e. The van der Waals surface area contributed by atoms with E-state index in [4.69, 9.17) is 0 Å². The average molecular weight is 409 g/mol. The Morgan fingerprint density at radius 3 is 2.30 bits per heavy atom. The molecule has 0 aromatic heterocycles. The lowest BCUT2D eigenvalue weighted by atomic mass is 9.63. The summed E-state index contributed by atoms with van der Waals surface area (Å²) in [5, 5.41) is 2.94. The maximum Gasteiger partial charge on any atom is 0.233 e. The van der Waals surface area contributed by atoms with Crippen LogP contribution < -0.4 is 5.32 Å². The van der Waals surface area contributed by atoms with Gasteiger partial charge >= 0.3 is 0 Å². The van der Waals surface area contributed by atoms with Gasteiger partial charge in [0.25, 0.3) is 0 Å². The molecule has 2 aliphatic rings. The van der Waals surface area contributed by atoms with Crippen molar-refractivity contribution in [3.8, 4) is 0 Å². The van der Waals surface area contributed by atoms with E-state index in [-0.39, 0.29) is 29.0 Å². The van der Waals surface area contributed by atoms with Crippen LogP contribution in [0, 0.1) is 11.7 Å². The third-order valence-corrected chi connectivity index (χ3v) is 6.75. The Labute approximate surface area is 177 Å². The predicted molar refractivity (Wildman–Crippen MR) is 114 cm³/mol. The molecule has 1 heterocycles. The van der Waals surface area contributed by atoms with Gasteiger partial charge in [-0.15, -0.1) is 0 Å². The maximum absolute atomic E-state index is 13.7. The molecular formula is C25H29FN2O2. The third-order valence-electron chi connectivity index (χ3n) is 6.75. The van der Waals surface area contributed by atoms with Crippen LogP contribution in [-0.4, -0.2) is 36.3 Å². The largest absolute Gasteiger partial charge is 0.356 e. The van der Waals surface area contributed by atoms with Gasteiger partial charge in [0.1, 0.15) is 5.82 Å². The number of rotatable bonds is 6. The molecule has 4 nitrogen and oxygen atoms in total. The quantitative estimate of drug-likeness (QED) is 0.789. The molecule has 1 N–H and O–H groups in total.